The van der Waals surface area contributed by atoms with E-state index < -0.39 is 34.3 Å². The first-order chi connectivity index (χ1) is 18.5. The maximum atomic E-state index is 14.0. The highest BCUT2D eigenvalue weighted by Gasteiger charge is 2.34. The molecule has 0 heterocycles. The van der Waals surface area contributed by atoms with Gasteiger partial charge in [0.25, 0.3) is 10.0 Å². The molecule has 208 valence electrons. The topological polar surface area (TPSA) is 86.8 Å². The van der Waals surface area contributed by atoms with E-state index in [1.807, 2.05) is 13.8 Å². The molecule has 1 atom stereocenters. The van der Waals surface area contributed by atoms with Crippen LogP contribution in [0.1, 0.15) is 32.8 Å². The summed E-state index contributed by atoms with van der Waals surface area (Å²) < 4.78 is 41.9. The molecule has 3 aromatic rings. The SMILES string of the molecule is CC[C@H](C(=O)NCC(C)C)N(Cc1ccccc1Cl)C(=O)CN(c1ccccc1)S(=O)(=O)c1ccc(F)cc1. The van der Waals surface area contributed by atoms with Gasteiger partial charge in [-0.15, -0.1) is 0 Å². The monoisotopic (exact) mass is 573 g/mol. The lowest BCUT2D eigenvalue weighted by Gasteiger charge is -2.33. The van der Waals surface area contributed by atoms with Gasteiger partial charge in [-0.25, -0.2) is 12.8 Å². The second-order valence-electron chi connectivity index (χ2n) is 9.48. The molecular formula is C29H33ClFN3O4S. The number of rotatable bonds is 12. The van der Waals surface area contributed by atoms with Gasteiger partial charge in [-0.2, -0.15) is 0 Å². The summed E-state index contributed by atoms with van der Waals surface area (Å²) in [5.41, 5.74) is 0.875. The Balaban J connectivity index is 2.03. The van der Waals surface area contributed by atoms with Crippen LogP contribution in [0.3, 0.4) is 0 Å². The minimum absolute atomic E-state index is 0.00530. The van der Waals surface area contributed by atoms with Crippen molar-refractivity contribution in [3.8, 4) is 0 Å². The van der Waals surface area contributed by atoms with Crippen molar-refractivity contribution >= 4 is 39.1 Å². The smallest absolute Gasteiger partial charge is 0.264 e. The van der Waals surface area contributed by atoms with E-state index in [9.17, 15) is 22.4 Å². The second kappa shape index (κ2) is 13.6. The number of halogens is 2. The number of sulfonamides is 1. The molecule has 0 radical (unpaired) electrons. The van der Waals surface area contributed by atoms with Gasteiger partial charge in [0.15, 0.2) is 0 Å². The molecule has 0 saturated carbocycles. The molecule has 0 aliphatic heterocycles. The Morgan fingerprint density at radius 1 is 0.949 bits per heavy atom. The van der Waals surface area contributed by atoms with Gasteiger partial charge in [0.1, 0.15) is 18.4 Å². The number of hydrogen-bond acceptors (Lipinski definition) is 4. The highest BCUT2D eigenvalue weighted by atomic mass is 35.5. The number of hydrogen-bond donors (Lipinski definition) is 1. The largest absolute Gasteiger partial charge is 0.354 e. The molecule has 0 bridgehead atoms. The summed E-state index contributed by atoms with van der Waals surface area (Å²) in [6.45, 7) is 5.57. The zero-order chi connectivity index (χ0) is 28.6. The second-order valence-corrected chi connectivity index (χ2v) is 11.7. The number of nitrogens with zero attached hydrogens (tertiary/aromatic N) is 2. The number of para-hydroxylation sites is 1. The van der Waals surface area contributed by atoms with Gasteiger partial charge in [-0.1, -0.05) is 68.8 Å². The molecular weight excluding hydrogens is 541 g/mol. The average molecular weight is 574 g/mol. The van der Waals surface area contributed by atoms with Crippen LogP contribution in [0.2, 0.25) is 5.02 Å². The van der Waals surface area contributed by atoms with Crippen molar-refractivity contribution in [3.05, 3.63) is 95.3 Å². The van der Waals surface area contributed by atoms with Crippen LogP contribution in [0.4, 0.5) is 10.1 Å². The van der Waals surface area contributed by atoms with Crippen molar-refractivity contribution in [3.63, 3.8) is 0 Å². The van der Waals surface area contributed by atoms with E-state index in [1.54, 1.807) is 61.5 Å². The van der Waals surface area contributed by atoms with Gasteiger partial charge in [-0.3, -0.25) is 13.9 Å². The molecule has 7 nitrogen and oxygen atoms in total. The number of amides is 2. The van der Waals surface area contributed by atoms with Gasteiger partial charge in [-0.05, 0) is 60.4 Å². The van der Waals surface area contributed by atoms with Crippen molar-refractivity contribution in [1.82, 2.24) is 10.2 Å². The van der Waals surface area contributed by atoms with E-state index in [2.05, 4.69) is 5.32 Å². The number of carbonyl (C=O) groups is 2. The molecule has 0 spiro atoms. The number of benzene rings is 3. The summed E-state index contributed by atoms with van der Waals surface area (Å²) in [7, 11) is -4.26. The molecule has 0 aromatic heterocycles. The zero-order valence-electron chi connectivity index (χ0n) is 22.2. The fraction of sp³-hybridized carbons (Fsp3) is 0.310. The van der Waals surface area contributed by atoms with Gasteiger partial charge in [0.2, 0.25) is 11.8 Å². The summed E-state index contributed by atoms with van der Waals surface area (Å²) in [6.07, 6.45) is 0.302. The van der Waals surface area contributed by atoms with Crippen LogP contribution in [0.15, 0.2) is 83.8 Å². The van der Waals surface area contributed by atoms with Gasteiger partial charge < -0.3 is 10.2 Å². The predicted octanol–water partition coefficient (Wildman–Crippen LogP) is 5.25. The number of nitrogens with one attached hydrogen (secondary N) is 1. The molecule has 0 fully saturated rings. The van der Waals surface area contributed by atoms with Crippen molar-refractivity contribution < 1.29 is 22.4 Å². The van der Waals surface area contributed by atoms with E-state index in [1.165, 1.54) is 4.90 Å². The molecule has 0 aliphatic carbocycles. The van der Waals surface area contributed by atoms with E-state index in [-0.39, 0.29) is 29.0 Å². The first kappa shape index (κ1) is 30.1. The fourth-order valence-electron chi connectivity index (χ4n) is 4.01. The summed E-state index contributed by atoms with van der Waals surface area (Å²) in [5.74, 6) is -1.30. The summed E-state index contributed by atoms with van der Waals surface area (Å²) in [6, 6.07) is 18.7. The molecule has 1 N–H and O–H groups in total. The number of carbonyl (C=O) groups excluding carboxylic acids is 2. The molecule has 0 saturated heterocycles. The Hall–Kier alpha value is -3.43. The summed E-state index contributed by atoms with van der Waals surface area (Å²) in [5, 5.41) is 3.30. The van der Waals surface area contributed by atoms with Gasteiger partial charge in [0.05, 0.1) is 10.6 Å². The maximum absolute atomic E-state index is 14.0. The predicted molar refractivity (Wildman–Crippen MR) is 151 cm³/mol. The Morgan fingerprint density at radius 3 is 2.15 bits per heavy atom. The van der Waals surface area contributed by atoms with E-state index >= 15 is 0 Å². The lowest BCUT2D eigenvalue weighted by atomic mass is 10.1. The van der Waals surface area contributed by atoms with Crippen LogP contribution in [0.5, 0.6) is 0 Å². The zero-order valence-corrected chi connectivity index (χ0v) is 23.8. The first-order valence-electron chi connectivity index (χ1n) is 12.7. The quantitative estimate of drug-likeness (QED) is 0.320. The molecule has 0 unspecified atom stereocenters. The van der Waals surface area contributed by atoms with Crippen LogP contribution in [-0.4, -0.2) is 44.3 Å². The summed E-state index contributed by atoms with van der Waals surface area (Å²) >= 11 is 6.39. The highest BCUT2D eigenvalue weighted by Crippen LogP contribution is 2.25. The minimum atomic E-state index is -4.26. The van der Waals surface area contributed by atoms with Crippen molar-refractivity contribution in [2.45, 2.75) is 44.7 Å². The van der Waals surface area contributed by atoms with E-state index in [4.69, 9.17) is 11.6 Å². The standard InChI is InChI=1S/C29H33ClFN3O4S/c1-4-27(29(36)32-18-21(2)3)33(19-22-10-8-9-13-26(22)30)28(35)20-34(24-11-6-5-7-12-24)39(37,38)25-16-14-23(31)15-17-25/h5-17,21,27H,4,18-20H2,1-3H3,(H,32,36)/t27-/m1/s1. The number of anilines is 1. The van der Waals surface area contributed by atoms with Crippen molar-refractivity contribution in [2.24, 2.45) is 5.92 Å². The summed E-state index contributed by atoms with van der Waals surface area (Å²) in [4.78, 5) is 28.4. The molecule has 3 aromatic carbocycles. The minimum Gasteiger partial charge on any atom is -0.354 e. The van der Waals surface area contributed by atoms with Crippen molar-refractivity contribution in [1.29, 1.82) is 0 Å². The lowest BCUT2D eigenvalue weighted by Crippen LogP contribution is -2.52. The Bertz CT molecular complexity index is 1370. The van der Waals surface area contributed by atoms with Gasteiger partial charge in [0, 0.05) is 18.1 Å². The molecule has 10 heteroatoms. The normalized spacial score (nSPS) is 12.2. The first-order valence-corrected chi connectivity index (χ1v) is 14.5. The molecule has 2 amide bonds. The van der Waals surface area contributed by atoms with Crippen LogP contribution in [0.25, 0.3) is 0 Å². The molecule has 3 rings (SSSR count). The highest BCUT2D eigenvalue weighted by molar-refractivity contribution is 7.92. The Kier molecular flexibility index (Phi) is 10.5. The van der Waals surface area contributed by atoms with Crippen LogP contribution in [0, 0.1) is 11.7 Å². The third-order valence-electron chi connectivity index (χ3n) is 6.09. The molecule has 39 heavy (non-hydrogen) atoms. The maximum Gasteiger partial charge on any atom is 0.264 e. The third-order valence-corrected chi connectivity index (χ3v) is 8.25. The van der Waals surface area contributed by atoms with Crippen LogP contribution in [-0.2, 0) is 26.2 Å². The average Bonchev–Trinajstić information content (AvgIpc) is 2.92. The van der Waals surface area contributed by atoms with Crippen molar-refractivity contribution in [2.75, 3.05) is 17.4 Å². The van der Waals surface area contributed by atoms with E-state index in [0.717, 1.165) is 28.6 Å². The fourth-order valence-corrected chi connectivity index (χ4v) is 5.62. The Morgan fingerprint density at radius 2 is 1.56 bits per heavy atom. The van der Waals surface area contributed by atoms with Gasteiger partial charge >= 0.3 is 0 Å². The lowest BCUT2D eigenvalue weighted by molar-refractivity contribution is -0.140. The third kappa shape index (κ3) is 7.80. The van der Waals surface area contributed by atoms with E-state index in [0.29, 0.717) is 23.6 Å². The molecule has 0 aliphatic rings. The Labute approximate surface area is 234 Å². The van der Waals surface area contributed by atoms with Crippen LogP contribution >= 0.6 is 11.6 Å². The van der Waals surface area contributed by atoms with Crippen LogP contribution < -0.4 is 9.62 Å².